The lowest BCUT2D eigenvalue weighted by Gasteiger charge is -1.90. The second-order valence-electron chi connectivity index (χ2n) is 7.75. The normalized spacial score (nSPS) is 11.9. The lowest BCUT2D eigenvalue weighted by atomic mass is 10.2. The number of aromatic nitrogens is 4. The number of nitrogens with two attached hydrogens (primary N) is 1. The molecule has 8 bridgehead atoms. The largest absolute Gasteiger partial charge is 0.355 e. The van der Waals surface area contributed by atoms with Gasteiger partial charge in [-0.25, -0.2) is 9.97 Å². The topological polar surface area (TPSA) is 83.4 Å². The first-order valence-electron chi connectivity index (χ1n) is 11.0. The number of nitrogens with one attached hydrogen (secondary N) is 2. The average molecular weight is 412 g/mol. The van der Waals surface area contributed by atoms with Crippen LogP contribution in [-0.4, -0.2) is 26.5 Å². The molecule has 5 nitrogen and oxygen atoms in total. The van der Waals surface area contributed by atoms with Crippen molar-refractivity contribution >= 4 is 46.4 Å². The quantitative estimate of drug-likeness (QED) is 0.309. The highest BCUT2D eigenvalue weighted by Crippen LogP contribution is 2.16. The lowest BCUT2D eigenvalue weighted by Crippen LogP contribution is -1.97. The molecule has 0 atom stereocenters. The summed E-state index contributed by atoms with van der Waals surface area (Å²) in [5.41, 5.74) is 13.1. The second kappa shape index (κ2) is 10.0. The third-order valence-electron chi connectivity index (χ3n) is 5.10. The van der Waals surface area contributed by atoms with E-state index in [1.165, 1.54) is 25.7 Å². The van der Waals surface area contributed by atoms with Crippen molar-refractivity contribution in [2.24, 2.45) is 5.73 Å². The first-order valence-corrected chi connectivity index (χ1v) is 11.0. The van der Waals surface area contributed by atoms with Crippen molar-refractivity contribution < 1.29 is 0 Å². The van der Waals surface area contributed by atoms with E-state index in [1.807, 2.05) is 48.6 Å². The van der Waals surface area contributed by atoms with Gasteiger partial charge >= 0.3 is 0 Å². The molecule has 31 heavy (non-hydrogen) atoms. The van der Waals surface area contributed by atoms with Crippen LogP contribution in [0.5, 0.6) is 0 Å². The van der Waals surface area contributed by atoms with Gasteiger partial charge in [-0.2, -0.15) is 0 Å². The average Bonchev–Trinajstić information content (AvgIpc) is 3.55. The Morgan fingerprint density at radius 2 is 1.00 bits per heavy atom. The highest BCUT2D eigenvalue weighted by Gasteiger charge is 2.01. The van der Waals surface area contributed by atoms with E-state index in [1.54, 1.807) is 0 Å². The third kappa shape index (κ3) is 5.80. The molecule has 158 valence electrons. The predicted molar refractivity (Wildman–Crippen MR) is 132 cm³/mol. The zero-order valence-corrected chi connectivity index (χ0v) is 17.9. The summed E-state index contributed by atoms with van der Waals surface area (Å²) in [5.74, 6) is 0. The number of nitrogens with zero attached hydrogens (tertiary/aromatic N) is 2. The van der Waals surface area contributed by atoms with Crippen LogP contribution in [0.4, 0.5) is 0 Å². The van der Waals surface area contributed by atoms with Crippen LogP contribution in [0.25, 0.3) is 46.4 Å². The molecule has 5 rings (SSSR count). The minimum atomic E-state index is 0.861. The van der Waals surface area contributed by atoms with Crippen molar-refractivity contribution in [3.05, 3.63) is 71.3 Å². The molecule has 5 heteroatoms. The molecule has 0 fully saturated rings. The van der Waals surface area contributed by atoms with Crippen LogP contribution in [-0.2, 0) is 0 Å². The molecule has 2 aliphatic rings. The van der Waals surface area contributed by atoms with Gasteiger partial charge in [0.1, 0.15) is 0 Å². The predicted octanol–water partition coefficient (Wildman–Crippen LogP) is 6.18. The summed E-state index contributed by atoms with van der Waals surface area (Å²) in [6, 6.07) is 16.4. The van der Waals surface area contributed by atoms with E-state index < -0.39 is 0 Å². The molecule has 0 spiro atoms. The van der Waals surface area contributed by atoms with E-state index >= 15 is 0 Å². The number of unbranched alkanes of at least 4 members (excludes halogenated alkanes) is 3. The maximum absolute atomic E-state index is 5.27. The molecular formula is C26H29N5. The van der Waals surface area contributed by atoms with Gasteiger partial charge < -0.3 is 15.7 Å². The summed E-state index contributed by atoms with van der Waals surface area (Å²) in [6.07, 6.45) is 13.3. The molecule has 0 unspecified atom stereocenters. The molecule has 0 amide bonds. The van der Waals surface area contributed by atoms with Crippen molar-refractivity contribution in [2.75, 3.05) is 6.54 Å². The first kappa shape index (κ1) is 20.8. The molecule has 3 aromatic heterocycles. The molecular weight excluding hydrogens is 382 g/mol. The number of rotatable bonds is 4. The summed E-state index contributed by atoms with van der Waals surface area (Å²) in [4.78, 5) is 16.0. The summed E-state index contributed by atoms with van der Waals surface area (Å²) in [6.45, 7) is 3.07. The Kier molecular flexibility index (Phi) is 6.75. The number of hydrogen-bond acceptors (Lipinski definition) is 3. The minimum absolute atomic E-state index is 0.861. The van der Waals surface area contributed by atoms with Gasteiger partial charge in [0.2, 0.25) is 0 Å². The van der Waals surface area contributed by atoms with E-state index in [4.69, 9.17) is 5.73 Å². The fraction of sp³-hybridized carbons (Fsp3) is 0.231. The van der Waals surface area contributed by atoms with Gasteiger partial charge in [0, 0.05) is 22.1 Å². The van der Waals surface area contributed by atoms with Crippen LogP contribution in [0, 0.1) is 0 Å². The number of hydrogen-bond donors (Lipinski definition) is 3. The molecule has 5 heterocycles. The van der Waals surface area contributed by atoms with E-state index in [-0.39, 0.29) is 0 Å². The maximum Gasteiger partial charge on any atom is 0.0658 e. The summed E-state index contributed by atoms with van der Waals surface area (Å²) in [5, 5.41) is 0. The summed E-state index contributed by atoms with van der Waals surface area (Å²) >= 11 is 0. The molecule has 0 aliphatic carbocycles. The van der Waals surface area contributed by atoms with E-state index in [2.05, 4.69) is 51.1 Å². The monoisotopic (exact) mass is 411 g/mol. The van der Waals surface area contributed by atoms with Gasteiger partial charge in [-0.15, -0.1) is 0 Å². The van der Waals surface area contributed by atoms with Crippen LogP contribution >= 0.6 is 0 Å². The Bertz CT molecular complexity index is 1060. The number of aromatic amines is 2. The zero-order chi connectivity index (χ0) is 21.5. The Labute approximate surface area is 182 Å². The second-order valence-corrected chi connectivity index (χ2v) is 7.75. The van der Waals surface area contributed by atoms with Crippen molar-refractivity contribution in [3.8, 4) is 0 Å². The zero-order valence-electron chi connectivity index (χ0n) is 17.9. The van der Waals surface area contributed by atoms with Gasteiger partial charge in [0.15, 0.2) is 0 Å². The van der Waals surface area contributed by atoms with E-state index in [0.717, 1.165) is 51.4 Å². The highest BCUT2D eigenvalue weighted by atomic mass is 14.8. The molecule has 3 aromatic rings. The molecule has 0 radical (unpaired) electrons. The minimum Gasteiger partial charge on any atom is -0.355 e. The van der Waals surface area contributed by atoms with Gasteiger partial charge in [0.25, 0.3) is 0 Å². The van der Waals surface area contributed by atoms with Crippen LogP contribution in [0.15, 0.2) is 48.5 Å². The molecule has 0 saturated carbocycles. The van der Waals surface area contributed by atoms with E-state index in [9.17, 15) is 0 Å². The van der Waals surface area contributed by atoms with Crippen molar-refractivity contribution in [1.82, 2.24) is 19.9 Å². The van der Waals surface area contributed by atoms with Crippen LogP contribution in [0.1, 0.15) is 55.4 Å². The molecule has 0 saturated heterocycles. The molecule has 4 N–H and O–H groups in total. The van der Waals surface area contributed by atoms with Gasteiger partial charge in [0.05, 0.1) is 22.8 Å². The molecule has 0 aromatic carbocycles. The van der Waals surface area contributed by atoms with E-state index in [0.29, 0.717) is 0 Å². The smallest absolute Gasteiger partial charge is 0.0658 e. The van der Waals surface area contributed by atoms with Crippen molar-refractivity contribution in [1.29, 1.82) is 0 Å². The third-order valence-corrected chi connectivity index (χ3v) is 5.10. The maximum atomic E-state index is 5.27. The Balaban J connectivity index is 0.000000289. The highest BCUT2D eigenvalue weighted by molar-refractivity contribution is 5.77. The van der Waals surface area contributed by atoms with Gasteiger partial charge in [-0.05, 0) is 85.8 Å². The Hall–Kier alpha value is -3.44. The molecule has 2 aliphatic heterocycles. The summed E-state index contributed by atoms with van der Waals surface area (Å²) < 4.78 is 0. The van der Waals surface area contributed by atoms with Gasteiger partial charge in [-0.3, -0.25) is 0 Å². The van der Waals surface area contributed by atoms with Crippen LogP contribution < -0.4 is 5.73 Å². The Morgan fingerprint density at radius 1 is 0.613 bits per heavy atom. The fourth-order valence-electron chi connectivity index (χ4n) is 3.51. The number of fused-ring (bicyclic) bond motifs is 8. The fourth-order valence-corrected chi connectivity index (χ4v) is 3.51. The standard InChI is InChI=1S/C20H14N4.C6H15N/c1-2-14-10-16-5-6-18(23-16)12-20-8-7-19(24-20)11-17-4-3-15(22-17)9-13(1)21-14;1-2-3-4-5-6-7/h1-12,21,24H;2-7H2,1H3. The van der Waals surface area contributed by atoms with Gasteiger partial charge in [-0.1, -0.05) is 26.2 Å². The Morgan fingerprint density at radius 3 is 1.32 bits per heavy atom. The van der Waals surface area contributed by atoms with Crippen LogP contribution in [0.2, 0.25) is 0 Å². The lowest BCUT2D eigenvalue weighted by molar-refractivity contribution is 0.674. The summed E-state index contributed by atoms with van der Waals surface area (Å²) in [7, 11) is 0. The van der Waals surface area contributed by atoms with Crippen LogP contribution in [0.3, 0.4) is 0 Å². The first-order chi connectivity index (χ1) is 15.2. The van der Waals surface area contributed by atoms with Crippen molar-refractivity contribution in [2.45, 2.75) is 32.6 Å². The van der Waals surface area contributed by atoms with Crippen molar-refractivity contribution in [3.63, 3.8) is 0 Å². The SMILES string of the molecule is C1=Cc2cc3ccc(cc4nc(cc5ccc(cc1n2)[nH]5)C=C4)[nH]3.CCCCCCN. The number of H-pyrrole nitrogens is 2.